The maximum Gasteiger partial charge on any atom is 0.121 e. The van der Waals surface area contributed by atoms with Gasteiger partial charge in [0.25, 0.3) is 0 Å². The first-order valence-electron chi connectivity index (χ1n) is 5.17. The molecule has 2 heterocycles. The minimum atomic E-state index is 0.171. The highest BCUT2D eigenvalue weighted by atomic mass is 17.2. The Bertz CT molecular complexity index is 292. The van der Waals surface area contributed by atoms with Crippen molar-refractivity contribution in [1.29, 1.82) is 0 Å². The second-order valence-corrected chi connectivity index (χ2v) is 4.55. The third-order valence-electron chi connectivity index (χ3n) is 3.17. The number of aliphatic imine (C=N–C) groups is 1. The zero-order valence-corrected chi connectivity index (χ0v) is 9.04. The molecule has 0 aliphatic carbocycles. The van der Waals surface area contributed by atoms with Crippen LogP contribution >= 0.6 is 0 Å². The van der Waals surface area contributed by atoms with E-state index in [0.29, 0.717) is 19.1 Å². The molecule has 1 saturated heterocycles. The zero-order chi connectivity index (χ0) is 10.2. The van der Waals surface area contributed by atoms with Gasteiger partial charge in [0.1, 0.15) is 6.61 Å². The van der Waals surface area contributed by atoms with Gasteiger partial charge in [-0.05, 0) is 6.42 Å². The van der Waals surface area contributed by atoms with Crippen molar-refractivity contribution in [2.24, 2.45) is 16.3 Å². The number of hydrogen-bond donors (Lipinski definition) is 0. The summed E-state index contributed by atoms with van der Waals surface area (Å²) in [6, 6.07) is 0. The zero-order valence-electron chi connectivity index (χ0n) is 9.04. The smallest absolute Gasteiger partial charge is 0.121 e. The average Bonchev–Trinajstić information content (AvgIpc) is 2.61. The second kappa shape index (κ2) is 3.48. The molecule has 3 heteroatoms. The van der Waals surface area contributed by atoms with E-state index in [2.05, 4.69) is 31.8 Å². The Hall–Kier alpha value is -0.670. The van der Waals surface area contributed by atoms with Crippen molar-refractivity contribution in [1.82, 2.24) is 0 Å². The van der Waals surface area contributed by atoms with Crippen LogP contribution in [0.3, 0.4) is 0 Å². The predicted molar refractivity (Wildman–Crippen MR) is 55.0 cm³/mol. The van der Waals surface area contributed by atoms with Crippen molar-refractivity contribution in [2.75, 3.05) is 13.2 Å². The SMILES string of the molecule is CCC(C)(C)C1=CC2COOCC2=N1. The summed E-state index contributed by atoms with van der Waals surface area (Å²) in [6.07, 6.45) is 3.32. The van der Waals surface area contributed by atoms with Crippen molar-refractivity contribution in [3.8, 4) is 0 Å². The first-order valence-corrected chi connectivity index (χ1v) is 5.17. The normalized spacial score (nSPS) is 26.9. The summed E-state index contributed by atoms with van der Waals surface area (Å²) < 4.78 is 0. The van der Waals surface area contributed by atoms with Gasteiger partial charge in [0.05, 0.1) is 12.3 Å². The van der Waals surface area contributed by atoms with E-state index in [1.807, 2.05) is 0 Å². The molecule has 2 aliphatic heterocycles. The van der Waals surface area contributed by atoms with Crippen molar-refractivity contribution < 1.29 is 9.78 Å². The van der Waals surface area contributed by atoms with Crippen molar-refractivity contribution in [3.63, 3.8) is 0 Å². The van der Waals surface area contributed by atoms with E-state index in [0.717, 1.165) is 12.1 Å². The fraction of sp³-hybridized carbons (Fsp3) is 0.727. The van der Waals surface area contributed by atoms with Crippen LogP contribution in [0, 0.1) is 11.3 Å². The van der Waals surface area contributed by atoms with Gasteiger partial charge in [-0.2, -0.15) is 0 Å². The number of fused-ring (bicyclic) bond motifs is 1. The lowest BCUT2D eigenvalue weighted by atomic mass is 9.86. The molecular weight excluding hydrogens is 178 g/mol. The fourth-order valence-corrected chi connectivity index (χ4v) is 1.63. The average molecular weight is 195 g/mol. The summed E-state index contributed by atoms with van der Waals surface area (Å²) >= 11 is 0. The van der Waals surface area contributed by atoms with Gasteiger partial charge >= 0.3 is 0 Å². The number of allylic oxidation sites excluding steroid dienone is 1. The highest BCUT2D eigenvalue weighted by molar-refractivity contribution is 5.93. The van der Waals surface area contributed by atoms with E-state index in [9.17, 15) is 0 Å². The largest absolute Gasteiger partial charge is 0.259 e. The number of hydrogen-bond acceptors (Lipinski definition) is 3. The third-order valence-corrected chi connectivity index (χ3v) is 3.17. The van der Waals surface area contributed by atoms with E-state index >= 15 is 0 Å². The molecule has 14 heavy (non-hydrogen) atoms. The first kappa shape index (κ1) is 9.87. The van der Waals surface area contributed by atoms with E-state index in [1.54, 1.807) is 0 Å². The van der Waals surface area contributed by atoms with Crippen LogP contribution in [0.2, 0.25) is 0 Å². The number of rotatable bonds is 2. The van der Waals surface area contributed by atoms with Gasteiger partial charge in [-0.15, -0.1) is 0 Å². The van der Waals surface area contributed by atoms with Crippen LogP contribution in [0.5, 0.6) is 0 Å². The summed E-state index contributed by atoms with van der Waals surface area (Å²) in [5.41, 5.74) is 2.48. The van der Waals surface area contributed by atoms with Gasteiger partial charge in [-0.1, -0.05) is 26.8 Å². The molecule has 0 saturated carbocycles. The van der Waals surface area contributed by atoms with Gasteiger partial charge in [0.2, 0.25) is 0 Å². The highest BCUT2D eigenvalue weighted by Gasteiger charge is 2.31. The Morgan fingerprint density at radius 1 is 1.50 bits per heavy atom. The van der Waals surface area contributed by atoms with Gasteiger partial charge in [0, 0.05) is 17.0 Å². The topological polar surface area (TPSA) is 30.8 Å². The van der Waals surface area contributed by atoms with E-state index in [-0.39, 0.29) is 5.41 Å². The Balaban J connectivity index is 2.19. The molecule has 0 radical (unpaired) electrons. The maximum atomic E-state index is 4.95. The molecule has 0 amide bonds. The first-order chi connectivity index (χ1) is 6.63. The molecule has 0 N–H and O–H groups in total. The van der Waals surface area contributed by atoms with Gasteiger partial charge in [-0.3, -0.25) is 4.99 Å². The lowest BCUT2D eigenvalue weighted by Gasteiger charge is -2.21. The van der Waals surface area contributed by atoms with Crippen LogP contribution in [0.4, 0.5) is 0 Å². The van der Waals surface area contributed by atoms with Gasteiger partial charge in [0.15, 0.2) is 0 Å². The quantitative estimate of drug-likeness (QED) is 0.633. The minimum Gasteiger partial charge on any atom is -0.259 e. The lowest BCUT2D eigenvalue weighted by molar-refractivity contribution is -0.295. The van der Waals surface area contributed by atoms with Crippen LogP contribution in [-0.4, -0.2) is 18.9 Å². The molecule has 3 nitrogen and oxygen atoms in total. The summed E-state index contributed by atoms with van der Waals surface area (Å²) in [6.45, 7) is 7.77. The van der Waals surface area contributed by atoms with Crippen molar-refractivity contribution >= 4 is 5.71 Å². The van der Waals surface area contributed by atoms with Crippen LogP contribution < -0.4 is 0 Å². The minimum absolute atomic E-state index is 0.171. The lowest BCUT2D eigenvalue weighted by Crippen LogP contribution is -2.26. The molecule has 2 rings (SSSR count). The van der Waals surface area contributed by atoms with Crippen LogP contribution in [0.1, 0.15) is 27.2 Å². The molecule has 0 aromatic carbocycles. The Kier molecular flexibility index (Phi) is 2.45. The van der Waals surface area contributed by atoms with E-state index < -0.39 is 0 Å². The Morgan fingerprint density at radius 3 is 2.93 bits per heavy atom. The molecular formula is C11H17NO2. The summed E-state index contributed by atoms with van der Waals surface area (Å²) in [5.74, 6) is 0.351. The third kappa shape index (κ3) is 1.62. The molecule has 78 valence electrons. The standard InChI is InChI=1S/C11H17NO2/c1-4-11(2,3)10-5-8-6-13-14-7-9(8)12-10/h5,8H,4,6-7H2,1-3H3. The number of nitrogens with zero attached hydrogens (tertiary/aromatic N) is 1. The van der Waals surface area contributed by atoms with Gasteiger partial charge < -0.3 is 0 Å². The van der Waals surface area contributed by atoms with E-state index in [4.69, 9.17) is 9.78 Å². The Labute approximate surface area is 84.7 Å². The van der Waals surface area contributed by atoms with Crippen molar-refractivity contribution in [3.05, 3.63) is 11.8 Å². The molecule has 1 fully saturated rings. The van der Waals surface area contributed by atoms with Crippen molar-refractivity contribution in [2.45, 2.75) is 27.2 Å². The Morgan fingerprint density at radius 2 is 2.29 bits per heavy atom. The van der Waals surface area contributed by atoms with Gasteiger partial charge in [-0.25, -0.2) is 9.78 Å². The molecule has 0 bridgehead atoms. The molecule has 2 aliphatic rings. The summed E-state index contributed by atoms with van der Waals surface area (Å²) in [7, 11) is 0. The summed E-state index contributed by atoms with van der Waals surface area (Å²) in [5, 5.41) is 0. The second-order valence-electron chi connectivity index (χ2n) is 4.55. The van der Waals surface area contributed by atoms with Crippen LogP contribution in [-0.2, 0) is 9.78 Å². The molecule has 0 aromatic heterocycles. The fourth-order valence-electron chi connectivity index (χ4n) is 1.63. The molecule has 0 spiro atoms. The summed E-state index contributed by atoms with van der Waals surface area (Å²) in [4.78, 5) is 14.5. The predicted octanol–water partition coefficient (Wildman–Crippen LogP) is 2.34. The molecule has 0 aromatic rings. The van der Waals surface area contributed by atoms with Crippen LogP contribution in [0.25, 0.3) is 0 Å². The monoisotopic (exact) mass is 195 g/mol. The molecule has 1 unspecified atom stereocenters. The van der Waals surface area contributed by atoms with Crippen LogP contribution in [0.15, 0.2) is 16.8 Å². The highest BCUT2D eigenvalue weighted by Crippen LogP contribution is 2.36. The molecule has 1 atom stereocenters. The van der Waals surface area contributed by atoms with E-state index in [1.165, 1.54) is 5.70 Å². The maximum absolute atomic E-state index is 4.95.